The van der Waals surface area contributed by atoms with Crippen molar-refractivity contribution in [3.05, 3.63) is 32.2 Å². The number of carbonyl (C=O) groups excluding carboxylic acids is 1. The van der Waals surface area contributed by atoms with Gasteiger partial charge in [0, 0.05) is 6.07 Å². The summed E-state index contributed by atoms with van der Waals surface area (Å²) in [6.07, 6.45) is -3.03. The quantitative estimate of drug-likeness (QED) is 0.665. The summed E-state index contributed by atoms with van der Waals surface area (Å²) in [5, 5.41) is 0. The molecule has 1 heterocycles. The van der Waals surface area contributed by atoms with E-state index in [2.05, 4.69) is 25.7 Å². The molecule has 1 aromatic heterocycles. The molecule has 82 valence electrons. The first-order valence-corrected chi connectivity index (χ1v) is 4.56. The number of carbonyl (C=O) groups is 1. The van der Waals surface area contributed by atoms with Crippen LogP contribution in [-0.2, 0) is 4.74 Å². The van der Waals surface area contributed by atoms with Crippen molar-refractivity contribution in [2.24, 2.45) is 0 Å². The zero-order chi connectivity index (χ0) is 11.6. The van der Waals surface area contributed by atoms with Crippen LogP contribution < -0.4 is 5.43 Å². The molecule has 0 saturated carbocycles. The molecular formula is C8H6BrF2NO3. The molecule has 1 aromatic rings. The van der Waals surface area contributed by atoms with Gasteiger partial charge in [0.25, 0.3) is 6.43 Å². The van der Waals surface area contributed by atoms with E-state index in [1.165, 1.54) is 0 Å². The fourth-order valence-corrected chi connectivity index (χ4v) is 1.42. The summed E-state index contributed by atoms with van der Waals surface area (Å²) >= 11 is 2.89. The van der Waals surface area contributed by atoms with E-state index in [1.807, 2.05) is 0 Å². The highest BCUT2D eigenvalue weighted by Crippen LogP contribution is 2.20. The number of pyridine rings is 1. The number of hydrogen-bond donors (Lipinski definition) is 1. The summed E-state index contributed by atoms with van der Waals surface area (Å²) in [6, 6.07) is 0.925. The second-order valence-electron chi connectivity index (χ2n) is 2.56. The third-order valence-corrected chi connectivity index (χ3v) is 2.07. The first-order valence-electron chi connectivity index (χ1n) is 3.76. The van der Waals surface area contributed by atoms with E-state index in [9.17, 15) is 18.4 Å². The van der Waals surface area contributed by atoms with E-state index in [4.69, 9.17) is 0 Å². The monoisotopic (exact) mass is 281 g/mol. The largest absolute Gasteiger partial charge is 0.464 e. The number of nitrogens with one attached hydrogen (secondary N) is 1. The highest BCUT2D eigenvalue weighted by Gasteiger charge is 2.23. The van der Waals surface area contributed by atoms with Gasteiger partial charge >= 0.3 is 5.97 Å². The fourth-order valence-electron chi connectivity index (χ4n) is 1.02. The van der Waals surface area contributed by atoms with Crippen molar-refractivity contribution in [1.82, 2.24) is 4.98 Å². The van der Waals surface area contributed by atoms with E-state index in [0.717, 1.165) is 13.2 Å². The Morgan fingerprint density at radius 2 is 2.20 bits per heavy atom. The molecule has 4 nitrogen and oxygen atoms in total. The topological polar surface area (TPSA) is 59.2 Å². The van der Waals surface area contributed by atoms with Crippen molar-refractivity contribution >= 4 is 21.9 Å². The Hall–Kier alpha value is -1.24. The predicted octanol–water partition coefficient (Wildman–Crippen LogP) is 1.86. The number of H-pyrrole nitrogens is 1. The lowest BCUT2D eigenvalue weighted by molar-refractivity contribution is 0.0580. The second-order valence-corrected chi connectivity index (χ2v) is 3.42. The highest BCUT2D eigenvalue weighted by molar-refractivity contribution is 9.10. The maximum atomic E-state index is 12.5. The number of methoxy groups -OCH3 is 1. The molecule has 7 heteroatoms. The second kappa shape index (κ2) is 4.52. The maximum absolute atomic E-state index is 12.5. The zero-order valence-electron chi connectivity index (χ0n) is 7.51. The Labute approximate surface area is 91.4 Å². The SMILES string of the molecule is COC(=O)c1[nH]c(Br)cc(=O)c1C(F)F. The van der Waals surface area contributed by atoms with Crippen LogP contribution >= 0.6 is 15.9 Å². The van der Waals surface area contributed by atoms with Crippen LogP contribution in [0.1, 0.15) is 22.5 Å². The summed E-state index contributed by atoms with van der Waals surface area (Å²) in [5.41, 5.74) is -2.34. The Bertz CT molecular complexity index is 444. The van der Waals surface area contributed by atoms with E-state index in [1.54, 1.807) is 0 Å². The molecule has 1 N–H and O–H groups in total. The molecule has 0 aliphatic rings. The van der Waals surface area contributed by atoms with Crippen LogP contribution in [0.2, 0.25) is 0 Å². The third kappa shape index (κ3) is 2.41. The number of rotatable bonds is 2. The molecule has 0 spiro atoms. The summed E-state index contributed by atoms with van der Waals surface area (Å²) in [7, 11) is 1.04. The molecule has 0 fully saturated rings. The van der Waals surface area contributed by atoms with Crippen molar-refractivity contribution in [2.45, 2.75) is 6.43 Å². The summed E-state index contributed by atoms with van der Waals surface area (Å²) in [4.78, 5) is 24.6. The number of hydrogen-bond acceptors (Lipinski definition) is 3. The fraction of sp³-hybridized carbons (Fsp3) is 0.250. The Kier molecular flexibility index (Phi) is 3.57. The molecule has 0 radical (unpaired) electrons. The standard InChI is InChI=1S/C8H6BrF2NO3/c1-15-8(14)6-5(7(10)11)3(13)2-4(9)12-6/h2,7H,1H3,(H,12,13). The van der Waals surface area contributed by atoms with Crippen molar-refractivity contribution in [2.75, 3.05) is 7.11 Å². The molecule has 0 aliphatic heterocycles. The number of alkyl halides is 2. The average Bonchev–Trinajstić information content (AvgIpc) is 2.14. The Balaban J connectivity index is 3.47. The summed E-state index contributed by atoms with van der Waals surface area (Å²) in [5.74, 6) is -1.01. The van der Waals surface area contributed by atoms with Gasteiger partial charge in [-0.2, -0.15) is 0 Å². The molecular weight excluding hydrogens is 276 g/mol. The van der Waals surface area contributed by atoms with Gasteiger partial charge in [-0.15, -0.1) is 0 Å². The normalized spacial score (nSPS) is 10.5. The first kappa shape index (κ1) is 11.8. The van der Waals surface area contributed by atoms with Crippen molar-refractivity contribution < 1.29 is 18.3 Å². The summed E-state index contributed by atoms with van der Waals surface area (Å²) < 4.78 is 29.4. The minimum atomic E-state index is -3.03. The van der Waals surface area contributed by atoms with Crippen LogP contribution in [-0.4, -0.2) is 18.1 Å². The van der Waals surface area contributed by atoms with Gasteiger partial charge in [0.2, 0.25) is 0 Å². The number of halogens is 3. The molecule has 0 aromatic carbocycles. The molecule has 0 unspecified atom stereocenters. The van der Waals surface area contributed by atoms with E-state index in [0.29, 0.717) is 0 Å². The van der Waals surface area contributed by atoms with Gasteiger partial charge in [-0.25, -0.2) is 13.6 Å². The predicted molar refractivity (Wildman–Crippen MR) is 51.1 cm³/mol. The first-order chi connectivity index (χ1) is 6.97. The Morgan fingerprint density at radius 1 is 1.60 bits per heavy atom. The minimum absolute atomic E-state index is 0.136. The van der Waals surface area contributed by atoms with Gasteiger partial charge < -0.3 is 9.72 Å². The smallest absolute Gasteiger partial charge is 0.355 e. The maximum Gasteiger partial charge on any atom is 0.355 e. The van der Waals surface area contributed by atoms with Gasteiger partial charge in [0.05, 0.1) is 17.3 Å². The summed E-state index contributed by atoms with van der Waals surface area (Å²) in [6.45, 7) is 0. The van der Waals surface area contributed by atoms with Crippen LogP contribution in [0.3, 0.4) is 0 Å². The Morgan fingerprint density at radius 3 is 2.67 bits per heavy atom. The van der Waals surface area contributed by atoms with E-state index >= 15 is 0 Å². The third-order valence-electron chi connectivity index (χ3n) is 1.64. The van der Waals surface area contributed by atoms with Gasteiger partial charge in [0.15, 0.2) is 5.43 Å². The minimum Gasteiger partial charge on any atom is -0.464 e. The van der Waals surface area contributed by atoms with Crippen molar-refractivity contribution in [1.29, 1.82) is 0 Å². The molecule has 0 saturated heterocycles. The van der Waals surface area contributed by atoms with Crippen LogP contribution in [0.15, 0.2) is 15.5 Å². The molecule has 0 aliphatic carbocycles. The zero-order valence-corrected chi connectivity index (χ0v) is 9.10. The van der Waals surface area contributed by atoms with Gasteiger partial charge in [-0.3, -0.25) is 4.79 Å². The highest BCUT2D eigenvalue weighted by atomic mass is 79.9. The number of aromatic nitrogens is 1. The number of ether oxygens (including phenoxy) is 1. The number of esters is 1. The lowest BCUT2D eigenvalue weighted by atomic mass is 10.2. The molecule has 0 amide bonds. The van der Waals surface area contributed by atoms with Gasteiger partial charge in [-0.1, -0.05) is 0 Å². The van der Waals surface area contributed by atoms with Crippen LogP contribution in [0.4, 0.5) is 8.78 Å². The molecule has 1 rings (SSSR count). The van der Waals surface area contributed by atoms with Crippen molar-refractivity contribution in [3.8, 4) is 0 Å². The molecule has 0 atom stereocenters. The van der Waals surface area contributed by atoms with E-state index in [-0.39, 0.29) is 4.60 Å². The van der Waals surface area contributed by atoms with Crippen LogP contribution in [0.5, 0.6) is 0 Å². The van der Waals surface area contributed by atoms with Gasteiger partial charge in [-0.05, 0) is 15.9 Å². The lowest BCUT2D eigenvalue weighted by Gasteiger charge is -2.06. The van der Waals surface area contributed by atoms with Crippen LogP contribution in [0.25, 0.3) is 0 Å². The van der Waals surface area contributed by atoms with Gasteiger partial charge in [0.1, 0.15) is 5.69 Å². The van der Waals surface area contributed by atoms with Crippen LogP contribution in [0, 0.1) is 0 Å². The number of aromatic amines is 1. The average molecular weight is 282 g/mol. The molecule has 15 heavy (non-hydrogen) atoms. The molecule has 0 bridgehead atoms. The van der Waals surface area contributed by atoms with Crippen molar-refractivity contribution in [3.63, 3.8) is 0 Å². The van der Waals surface area contributed by atoms with E-state index < -0.39 is 29.1 Å². The lowest BCUT2D eigenvalue weighted by Crippen LogP contribution is -2.18.